The maximum absolute atomic E-state index is 10.5. The van der Waals surface area contributed by atoms with Crippen molar-refractivity contribution in [3.63, 3.8) is 0 Å². The van der Waals surface area contributed by atoms with Gasteiger partial charge in [0.05, 0.1) is 0 Å². The number of rotatable bonds is 13. The molecule has 0 bridgehead atoms. The number of ketones is 1. The first kappa shape index (κ1) is 21.6. The molecule has 0 aromatic heterocycles. The molecule has 0 N–H and O–H groups in total. The molecule has 120 valence electrons. The molecule has 0 radical (unpaired) electrons. The summed E-state index contributed by atoms with van der Waals surface area (Å²) in [6, 6.07) is 0. The fourth-order valence-electron chi connectivity index (χ4n) is 1.99. The molecule has 0 spiro atoms. The minimum atomic E-state index is 0.330. The summed E-state index contributed by atoms with van der Waals surface area (Å²) in [7, 11) is 0. The normalized spacial score (nSPS) is 9.75. The van der Waals surface area contributed by atoms with E-state index in [0.29, 0.717) is 5.78 Å². The Kier molecular flexibility index (Phi) is 22.3. The molecule has 0 saturated heterocycles. The van der Waals surface area contributed by atoms with Crippen LogP contribution in [0.25, 0.3) is 0 Å². The molecule has 0 saturated carbocycles. The third-order valence-electron chi connectivity index (χ3n) is 3.31. The Balaban J connectivity index is 0. The van der Waals surface area contributed by atoms with Crippen LogP contribution in [0.2, 0.25) is 0 Å². The minimum absolute atomic E-state index is 0.330. The second-order valence-corrected chi connectivity index (χ2v) is 5.59. The standard InChI is InChI=1S/2C9H18O/c1-3-4-5-6-7-8-9(2)10;1-2-3-4-5-6-7-8-9-10/h3-8H2,1-2H3;9H,2-8H2,1H3. The Morgan fingerprint density at radius 2 is 1.20 bits per heavy atom. The molecule has 0 aliphatic carbocycles. The van der Waals surface area contributed by atoms with Gasteiger partial charge in [-0.1, -0.05) is 71.6 Å². The van der Waals surface area contributed by atoms with Crippen molar-refractivity contribution in [2.75, 3.05) is 0 Å². The highest BCUT2D eigenvalue weighted by atomic mass is 16.1. The molecule has 2 nitrogen and oxygen atoms in total. The zero-order valence-electron chi connectivity index (χ0n) is 14.1. The second-order valence-electron chi connectivity index (χ2n) is 5.59. The van der Waals surface area contributed by atoms with Crippen molar-refractivity contribution in [2.24, 2.45) is 0 Å². The van der Waals surface area contributed by atoms with E-state index in [0.717, 1.165) is 32.0 Å². The van der Waals surface area contributed by atoms with Crippen molar-refractivity contribution in [3.8, 4) is 0 Å². The zero-order chi connectivity index (χ0) is 15.5. The van der Waals surface area contributed by atoms with E-state index < -0.39 is 0 Å². The van der Waals surface area contributed by atoms with Gasteiger partial charge in [0, 0.05) is 12.8 Å². The lowest BCUT2D eigenvalue weighted by Gasteiger charge is -1.95. The molecule has 0 amide bonds. The lowest BCUT2D eigenvalue weighted by molar-refractivity contribution is -0.117. The Hall–Kier alpha value is -0.660. The summed E-state index contributed by atoms with van der Waals surface area (Å²) in [5.41, 5.74) is 0. The van der Waals surface area contributed by atoms with Crippen LogP contribution in [0.5, 0.6) is 0 Å². The van der Waals surface area contributed by atoms with Crippen LogP contribution in [0.3, 0.4) is 0 Å². The summed E-state index contributed by atoms with van der Waals surface area (Å²) in [5, 5.41) is 0. The molecule has 0 rings (SSSR count). The van der Waals surface area contributed by atoms with E-state index in [4.69, 9.17) is 0 Å². The van der Waals surface area contributed by atoms with Crippen LogP contribution in [-0.2, 0) is 9.59 Å². The van der Waals surface area contributed by atoms with Crippen molar-refractivity contribution >= 4 is 12.1 Å². The van der Waals surface area contributed by atoms with Gasteiger partial charge in [-0.3, -0.25) is 0 Å². The number of Topliss-reactive ketones (excluding diaryl/α,β-unsaturated/α-hetero) is 1. The molecule has 20 heavy (non-hydrogen) atoms. The Labute approximate surface area is 126 Å². The highest BCUT2D eigenvalue weighted by Gasteiger charge is 1.92. The van der Waals surface area contributed by atoms with Crippen molar-refractivity contribution in [1.82, 2.24) is 0 Å². The average Bonchev–Trinajstić information content (AvgIpc) is 2.43. The average molecular weight is 284 g/mol. The molecule has 0 unspecified atom stereocenters. The summed E-state index contributed by atoms with van der Waals surface area (Å²) in [6.07, 6.45) is 16.4. The Bertz CT molecular complexity index is 200. The summed E-state index contributed by atoms with van der Waals surface area (Å²) in [5.74, 6) is 0.330. The van der Waals surface area contributed by atoms with E-state index in [1.54, 1.807) is 6.92 Å². The van der Waals surface area contributed by atoms with Gasteiger partial charge < -0.3 is 9.59 Å². The fraction of sp³-hybridized carbons (Fsp3) is 0.889. The SMILES string of the molecule is CCCCCCCC(C)=O.CCCCCCCCC=O. The lowest BCUT2D eigenvalue weighted by atomic mass is 10.1. The van der Waals surface area contributed by atoms with Crippen LogP contribution in [0.4, 0.5) is 0 Å². The Morgan fingerprint density at radius 3 is 1.65 bits per heavy atom. The van der Waals surface area contributed by atoms with Gasteiger partial charge in [0.15, 0.2) is 0 Å². The van der Waals surface area contributed by atoms with Gasteiger partial charge in [-0.15, -0.1) is 0 Å². The summed E-state index contributed by atoms with van der Waals surface area (Å²) >= 11 is 0. The molecule has 0 aromatic rings. The predicted molar refractivity (Wildman–Crippen MR) is 88.1 cm³/mol. The summed E-state index contributed by atoms with van der Waals surface area (Å²) in [6.45, 7) is 6.08. The second kappa shape index (κ2) is 20.7. The molecular weight excluding hydrogens is 248 g/mol. The molecule has 0 aliphatic rings. The van der Waals surface area contributed by atoms with Crippen LogP contribution in [0, 0.1) is 0 Å². The van der Waals surface area contributed by atoms with E-state index >= 15 is 0 Å². The van der Waals surface area contributed by atoms with Gasteiger partial charge in [-0.25, -0.2) is 0 Å². The summed E-state index contributed by atoms with van der Waals surface area (Å²) in [4.78, 5) is 20.4. The number of hydrogen-bond donors (Lipinski definition) is 0. The van der Waals surface area contributed by atoms with Crippen LogP contribution in [0.1, 0.15) is 104 Å². The highest BCUT2D eigenvalue weighted by Crippen LogP contribution is 2.05. The zero-order valence-corrected chi connectivity index (χ0v) is 14.1. The van der Waals surface area contributed by atoms with Crippen molar-refractivity contribution in [2.45, 2.75) is 104 Å². The van der Waals surface area contributed by atoms with Crippen LogP contribution in [0.15, 0.2) is 0 Å². The van der Waals surface area contributed by atoms with Crippen LogP contribution >= 0.6 is 0 Å². The maximum atomic E-state index is 10.5. The van der Waals surface area contributed by atoms with Crippen LogP contribution in [-0.4, -0.2) is 12.1 Å². The smallest absolute Gasteiger partial charge is 0.129 e. The third-order valence-corrected chi connectivity index (χ3v) is 3.31. The molecule has 0 aliphatic heterocycles. The molecule has 0 fully saturated rings. The first-order chi connectivity index (χ1) is 9.68. The van der Waals surface area contributed by atoms with Gasteiger partial charge in [0.25, 0.3) is 0 Å². The van der Waals surface area contributed by atoms with E-state index in [-0.39, 0.29) is 0 Å². The highest BCUT2D eigenvalue weighted by molar-refractivity contribution is 5.75. The maximum Gasteiger partial charge on any atom is 0.129 e. The first-order valence-corrected chi connectivity index (χ1v) is 8.62. The van der Waals surface area contributed by atoms with Gasteiger partial charge >= 0.3 is 0 Å². The molecule has 2 heteroatoms. The van der Waals surface area contributed by atoms with E-state index in [1.807, 2.05) is 0 Å². The van der Waals surface area contributed by atoms with Crippen molar-refractivity contribution in [1.29, 1.82) is 0 Å². The number of aldehydes is 1. The summed E-state index contributed by atoms with van der Waals surface area (Å²) < 4.78 is 0. The third kappa shape index (κ3) is 26.0. The first-order valence-electron chi connectivity index (χ1n) is 8.62. The van der Waals surface area contributed by atoms with Crippen molar-refractivity contribution in [3.05, 3.63) is 0 Å². The quantitative estimate of drug-likeness (QED) is 0.313. The van der Waals surface area contributed by atoms with E-state index in [1.165, 1.54) is 57.8 Å². The van der Waals surface area contributed by atoms with E-state index in [2.05, 4.69) is 13.8 Å². The number of carbonyl (C=O) groups is 2. The van der Waals surface area contributed by atoms with Gasteiger partial charge in [-0.05, 0) is 19.8 Å². The molecular formula is C18H36O2. The lowest BCUT2D eigenvalue weighted by Crippen LogP contribution is -1.88. The van der Waals surface area contributed by atoms with Crippen LogP contribution < -0.4 is 0 Å². The molecule has 0 aromatic carbocycles. The fourth-order valence-corrected chi connectivity index (χ4v) is 1.99. The predicted octanol–water partition coefficient (Wildman–Crippen LogP) is 5.87. The number of unbranched alkanes of at least 4 members (excludes halogenated alkanes) is 10. The van der Waals surface area contributed by atoms with Gasteiger partial charge in [0.2, 0.25) is 0 Å². The Morgan fingerprint density at radius 1 is 0.750 bits per heavy atom. The van der Waals surface area contributed by atoms with E-state index in [9.17, 15) is 9.59 Å². The monoisotopic (exact) mass is 284 g/mol. The topological polar surface area (TPSA) is 34.1 Å². The number of carbonyl (C=O) groups excluding carboxylic acids is 2. The van der Waals surface area contributed by atoms with Crippen molar-refractivity contribution < 1.29 is 9.59 Å². The number of hydrogen-bond acceptors (Lipinski definition) is 2. The largest absolute Gasteiger partial charge is 0.303 e. The van der Waals surface area contributed by atoms with Gasteiger partial charge in [0.1, 0.15) is 12.1 Å². The minimum Gasteiger partial charge on any atom is -0.303 e. The molecule has 0 heterocycles. The molecule has 0 atom stereocenters. The van der Waals surface area contributed by atoms with Gasteiger partial charge in [-0.2, -0.15) is 0 Å².